The molecule has 1 aromatic carbocycles. The molecule has 5 heteroatoms. The Hall–Kier alpha value is -0.350. The van der Waals surface area contributed by atoms with Gasteiger partial charge in [0.2, 0.25) is 0 Å². The average Bonchev–Trinajstić information content (AvgIpc) is 2.03. The highest BCUT2D eigenvalue weighted by Gasteiger charge is 2.12. The molecule has 0 fully saturated rings. The summed E-state index contributed by atoms with van der Waals surface area (Å²) in [7, 11) is 0. The fourth-order valence-electron chi connectivity index (χ4n) is 0.983. The van der Waals surface area contributed by atoms with Gasteiger partial charge in [-0.1, -0.05) is 17.7 Å². The largest absolute Gasteiger partial charge is 0.329 e. The van der Waals surface area contributed by atoms with Gasteiger partial charge < -0.3 is 11.5 Å². The predicted octanol–water partition coefficient (Wildman–Crippen LogP) is 1.86. The van der Waals surface area contributed by atoms with Crippen LogP contribution < -0.4 is 11.5 Å². The molecule has 13 heavy (non-hydrogen) atoms. The molecule has 0 heterocycles. The first-order chi connectivity index (χ1) is 5.66. The highest BCUT2D eigenvalue weighted by Crippen LogP contribution is 2.23. The Morgan fingerprint density at radius 1 is 1.46 bits per heavy atom. The molecule has 0 unspecified atom stereocenters. The molecule has 0 spiro atoms. The van der Waals surface area contributed by atoms with Gasteiger partial charge >= 0.3 is 0 Å². The third-order valence-electron chi connectivity index (χ3n) is 1.62. The summed E-state index contributed by atoms with van der Waals surface area (Å²) in [4.78, 5) is 0. The maximum Gasteiger partial charge on any atom is 0.129 e. The molecule has 74 valence electrons. The van der Waals surface area contributed by atoms with Crippen LogP contribution in [-0.4, -0.2) is 6.54 Å². The first-order valence-corrected chi connectivity index (χ1v) is 3.94. The molecule has 0 saturated carbocycles. The van der Waals surface area contributed by atoms with Crippen LogP contribution in [0.15, 0.2) is 18.2 Å². The zero-order chi connectivity index (χ0) is 9.14. The number of rotatable bonds is 2. The Bertz CT molecular complexity index is 261. The summed E-state index contributed by atoms with van der Waals surface area (Å²) < 4.78 is 13.1. The molecule has 4 N–H and O–H groups in total. The number of nitrogens with two attached hydrogens (primary N) is 2. The van der Waals surface area contributed by atoms with Gasteiger partial charge in [-0.25, -0.2) is 4.39 Å². The van der Waals surface area contributed by atoms with Gasteiger partial charge in [0.05, 0.1) is 0 Å². The van der Waals surface area contributed by atoms with Crippen LogP contribution in [-0.2, 0) is 0 Å². The van der Waals surface area contributed by atoms with Crippen LogP contribution in [0.5, 0.6) is 0 Å². The zero-order valence-corrected chi connectivity index (χ0v) is 8.41. The quantitative estimate of drug-likeness (QED) is 0.807. The van der Waals surface area contributed by atoms with E-state index < -0.39 is 11.9 Å². The monoisotopic (exact) mass is 224 g/mol. The van der Waals surface area contributed by atoms with Crippen LogP contribution >= 0.6 is 24.0 Å². The number of hydrogen-bond donors (Lipinski definition) is 2. The Kier molecular flexibility index (Phi) is 5.25. The van der Waals surface area contributed by atoms with Crippen LogP contribution in [0.3, 0.4) is 0 Å². The molecular formula is C8H11Cl2FN2. The van der Waals surface area contributed by atoms with Gasteiger partial charge in [0.15, 0.2) is 0 Å². The van der Waals surface area contributed by atoms with Crippen molar-refractivity contribution < 1.29 is 4.39 Å². The normalized spacial score (nSPS) is 12.0. The van der Waals surface area contributed by atoms with Crippen LogP contribution in [0.4, 0.5) is 4.39 Å². The minimum Gasteiger partial charge on any atom is -0.329 e. The van der Waals surface area contributed by atoms with Gasteiger partial charge in [-0.05, 0) is 12.1 Å². The molecule has 2 nitrogen and oxygen atoms in total. The maximum absolute atomic E-state index is 13.1. The fourth-order valence-corrected chi connectivity index (χ4v) is 1.29. The Labute approximate surface area is 87.5 Å². The van der Waals surface area contributed by atoms with Gasteiger partial charge in [0.1, 0.15) is 5.82 Å². The van der Waals surface area contributed by atoms with Crippen molar-refractivity contribution in [3.63, 3.8) is 0 Å². The standard InChI is InChI=1S/C8H10ClFN2.ClH/c9-5-2-1-3-6(10)8(5)7(12)4-11;/h1-3,7H,4,11-12H2;1H/t7-;/m1./s1. The van der Waals surface area contributed by atoms with E-state index in [1.54, 1.807) is 6.07 Å². The summed E-state index contributed by atoms with van der Waals surface area (Å²) in [5.74, 6) is -0.402. The van der Waals surface area contributed by atoms with E-state index in [1.807, 2.05) is 0 Å². The van der Waals surface area contributed by atoms with E-state index in [2.05, 4.69) is 0 Å². The second-order valence-corrected chi connectivity index (χ2v) is 2.88. The number of halogens is 3. The second-order valence-electron chi connectivity index (χ2n) is 2.48. The van der Waals surface area contributed by atoms with Crippen molar-refractivity contribution in [3.8, 4) is 0 Å². The lowest BCUT2D eigenvalue weighted by Crippen LogP contribution is -2.22. The van der Waals surface area contributed by atoms with E-state index in [-0.39, 0.29) is 19.0 Å². The van der Waals surface area contributed by atoms with Crippen LogP contribution in [0.2, 0.25) is 5.02 Å². The molecular weight excluding hydrogens is 214 g/mol. The third-order valence-corrected chi connectivity index (χ3v) is 1.95. The molecule has 0 saturated heterocycles. The second kappa shape index (κ2) is 5.40. The number of benzene rings is 1. The third kappa shape index (κ3) is 2.81. The number of hydrogen-bond acceptors (Lipinski definition) is 2. The zero-order valence-electron chi connectivity index (χ0n) is 6.84. The molecule has 1 atom stereocenters. The molecule has 0 radical (unpaired) electrons. The summed E-state index contributed by atoms with van der Waals surface area (Å²) in [6, 6.07) is 3.91. The molecule has 1 aromatic rings. The Morgan fingerprint density at radius 2 is 2.08 bits per heavy atom. The van der Waals surface area contributed by atoms with E-state index in [0.717, 1.165) is 0 Å². The molecule has 0 aromatic heterocycles. The smallest absolute Gasteiger partial charge is 0.129 e. The molecule has 0 aliphatic carbocycles. The highest BCUT2D eigenvalue weighted by molar-refractivity contribution is 6.31. The van der Waals surface area contributed by atoms with Gasteiger partial charge in [0.25, 0.3) is 0 Å². The first kappa shape index (κ1) is 12.7. The van der Waals surface area contributed by atoms with Crippen molar-refractivity contribution in [1.82, 2.24) is 0 Å². The molecule has 0 amide bonds. The first-order valence-electron chi connectivity index (χ1n) is 3.56. The highest BCUT2D eigenvalue weighted by atomic mass is 35.5. The van der Waals surface area contributed by atoms with Crippen molar-refractivity contribution in [2.45, 2.75) is 6.04 Å². The van der Waals surface area contributed by atoms with E-state index in [1.165, 1.54) is 12.1 Å². The Balaban J connectivity index is 0.00000144. The van der Waals surface area contributed by atoms with E-state index >= 15 is 0 Å². The van der Waals surface area contributed by atoms with E-state index in [0.29, 0.717) is 10.6 Å². The van der Waals surface area contributed by atoms with Crippen LogP contribution in [0.25, 0.3) is 0 Å². The van der Waals surface area contributed by atoms with Crippen molar-refractivity contribution in [2.24, 2.45) is 11.5 Å². The van der Waals surface area contributed by atoms with E-state index in [4.69, 9.17) is 23.1 Å². The summed E-state index contributed by atoms with van der Waals surface area (Å²) in [6.45, 7) is 0.181. The van der Waals surface area contributed by atoms with Crippen LogP contribution in [0, 0.1) is 5.82 Å². The van der Waals surface area contributed by atoms with Crippen molar-refractivity contribution in [2.75, 3.05) is 6.54 Å². The molecule has 0 bridgehead atoms. The maximum atomic E-state index is 13.1. The lowest BCUT2D eigenvalue weighted by atomic mass is 10.1. The SMILES string of the molecule is Cl.NC[C@@H](N)c1c(F)cccc1Cl. The Morgan fingerprint density at radius 3 is 2.54 bits per heavy atom. The summed E-state index contributed by atoms with van der Waals surface area (Å²) >= 11 is 5.73. The van der Waals surface area contributed by atoms with E-state index in [9.17, 15) is 4.39 Å². The lowest BCUT2D eigenvalue weighted by Gasteiger charge is -2.11. The molecule has 0 aliphatic heterocycles. The average molecular weight is 225 g/mol. The van der Waals surface area contributed by atoms with Crippen molar-refractivity contribution in [3.05, 3.63) is 34.6 Å². The van der Waals surface area contributed by atoms with Crippen molar-refractivity contribution >= 4 is 24.0 Å². The van der Waals surface area contributed by atoms with Gasteiger partial charge in [-0.2, -0.15) is 0 Å². The molecule has 0 aliphatic rings. The minimum atomic E-state index is -0.529. The van der Waals surface area contributed by atoms with Crippen LogP contribution in [0.1, 0.15) is 11.6 Å². The fraction of sp³-hybridized carbons (Fsp3) is 0.250. The minimum absolute atomic E-state index is 0. The summed E-state index contributed by atoms with van der Waals surface area (Å²) in [5, 5.41) is 0.327. The summed E-state index contributed by atoms with van der Waals surface area (Å²) in [5.41, 5.74) is 11.1. The van der Waals surface area contributed by atoms with Crippen molar-refractivity contribution in [1.29, 1.82) is 0 Å². The molecule has 1 rings (SSSR count). The van der Waals surface area contributed by atoms with Gasteiger partial charge in [-0.3, -0.25) is 0 Å². The predicted molar refractivity (Wildman–Crippen MR) is 54.6 cm³/mol. The summed E-state index contributed by atoms with van der Waals surface area (Å²) in [6.07, 6.45) is 0. The lowest BCUT2D eigenvalue weighted by molar-refractivity contribution is 0.584. The van der Waals surface area contributed by atoms with Gasteiger partial charge in [0, 0.05) is 23.2 Å². The topological polar surface area (TPSA) is 52.0 Å². The van der Waals surface area contributed by atoms with Gasteiger partial charge in [-0.15, -0.1) is 12.4 Å².